The number of hydrogen-bond donors (Lipinski definition) is 1. The number of hydrogen-bond acceptors (Lipinski definition) is 1. The van der Waals surface area contributed by atoms with Crippen molar-refractivity contribution in [3.05, 3.63) is 84.2 Å². The SMILES string of the molecule is C=CC(/C=C/C(C)(C)C)=C\C=C(/C)C(=C)NC/C(C)=C/C=C\C. The van der Waals surface area contributed by atoms with Gasteiger partial charge in [0, 0.05) is 12.2 Å². The molecule has 126 valence electrons. The normalized spacial score (nSPS) is 14.6. The van der Waals surface area contributed by atoms with E-state index >= 15 is 0 Å². The molecule has 0 radical (unpaired) electrons. The molecule has 0 bridgehead atoms. The lowest BCUT2D eigenvalue weighted by Crippen LogP contribution is -2.15. The van der Waals surface area contributed by atoms with Gasteiger partial charge in [-0.25, -0.2) is 0 Å². The largest absolute Gasteiger partial charge is 0.382 e. The monoisotopic (exact) mass is 311 g/mol. The van der Waals surface area contributed by atoms with E-state index in [4.69, 9.17) is 0 Å². The van der Waals surface area contributed by atoms with Crippen LogP contribution in [-0.2, 0) is 0 Å². The van der Waals surface area contributed by atoms with Gasteiger partial charge >= 0.3 is 0 Å². The zero-order chi connectivity index (χ0) is 17.9. The summed E-state index contributed by atoms with van der Waals surface area (Å²) < 4.78 is 0. The third-order valence-corrected chi connectivity index (χ3v) is 3.17. The van der Waals surface area contributed by atoms with Crippen LogP contribution in [-0.4, -0.2) is 6.54 Å². The lowest BCUT2D eigenvalue weighted by Gasteiger charge is -2.11. The minimum absolute atomic E-state index is 0.169. The summed E-state index contributed by atoms with van der Waals surface area (Å²) >= 11 is 0. The zero-order valence-corrected chi connectivity index (χ0v) is 15.7. The summed E-state index contributed by atoms with van der Waals surface area (Å²) in [6.07, 6.45) is 16.5. The van der Waals surface area contributed by atoms with E-state index in [1.807, 2.05) is 25.2 Å². The molecule has 0 fully saturated rings. The molecule has 0 unspecified atom stereocenters. The van der Waals surface area contributed by atoms with Gasteiger partial charge in [0.25, 0.3) is 0 Å². The molecule has 0 saturated heterocycles. The number of nitrogens with one attached hydrogen (secondary N) is 1. The molecule has 0 aromatic heterocycles. The molecule has 1 nitrogen and oxygen atoms in total. The van der Waals surface area contributed by atoms with Crippen molar-refractivity contribution in [2.45, 2.75) is 41.5 Å². The van der Waals surface area contributed by atoms with Crippen molar-refractivity contribution in [3.8, 4) is 0 Å². The molecule has 0 aliphatic carbocycles. The molecule has 0 amide bonds. The quantitative estimate of drug-likeness (QED) is 0.521. The van der Waals surface area contributed by atoms with Crippen molar-refractivity contribution in [1.82, 2.24) is 5.32 Å². The van der Waals surface area contributed by atoms with Crippen molar-refractivity contribution in [1.29, 1.82) is 0 Å². The summed E-state index contributed by atoms with van der Waals surface area (Å²) in [5.74, 6) is 0. The van der Waals surface area contributed by atoms with Gasteiger partial charge in [0.2, 0.25) is 0 Å². The Balaban J connectivity index is 4.79. The molecule has 1 N–H and O–H groups in total. The summed E-state index contributed by atoms with van der Waals surface area (Å²) in [4.78, 5) is 0. The van der Waals surface area contributed by atoms with Crippen LogP contribution in [0.1, 0.15) is 41.5 Å². The van der Waals surface area contributed by atoms with E-state index in [1.165, 1.54) is 5.57 Å². The first-order chi connectivity index (χ1) is 10.7. The molecule has 0 aromatic carbocycles. The minimum Gasteiger partial charge on any atom is -0.382 e. The van der Waals surface area contributed by atoms with Crippen LogP contribution in [0.25, 0.3) is 0 Å². The summed E-state index contributed by atoms with van der Waals surface area (Å²) in [5, 5.41) is 3.35. The molecular formula is C22H33N. The van der Waals surface area contributed by atoms with E-state index in [0.29, 0.717) is 0 Å². The Morgan fingerprint density at radius 1 is 1.09 bits per heavy atom. The Hall–Kier alpha value is -2.02. The Bertz CT molecular complexity index is 543. The Kier molecular flexibility index (Phi) is 9.73. The average Bonchev–Trinajstić information content (AvgIpc) is 2.49. The van der Waals surface area contributed by atoms with Crippen molar-refractivity contribution >= 4 is 0 Å². The topological polar surface area (TPSA) is 12.0 Å². The standard InChI is InChI=1S/C22H33N/c1-9-11-12-18(3)17-23-20(5)19(4)13-14-21(10-2)15-16-22(6,7)8/h9-16,23H,2,5,17H2,1,3-4,6-8H3/b11-9-,16-15+,18-12+,19-13+,21-14+. The van der Waals surface area contributed by atoms with Crippen molar-refractivity contribution < 1.29 is 0 Å². The Labute approximate surface area is 143 Å². The van der Waals surface area contributed by atoms with E-state index in [2.05, 4.69) is 83.5 Å². The van der Waals surface area contributed by atoms with Gasteiger partial charge in [-0.2, -0.15) is 0 Å². The summed E-state index contributed by atoms with van der Waals surface area (Å²) in [7, 11) is 0. The van der Waals surface area contributed by atoms with Crippen LogP contribution in [0.3, 0.4) is 0 Å². The molecule has 0 saturated carbocycles. The van der Waals surface area contributed by atoms with Crippen LogP contribution in [0.2, 0.25) is 0 Å². The van der Waals surface area contributed by atoms with Gasteiger partial charge in [-0.1, -0.05) is 88.1 Å². The van der Waals surface area contributed by atoms with Crippen LogP contribution < -0.4 is 5.32 Å². The molecule has 1 heteroatoms. The first kappa shape index (κ1) is 21.0. The first-order valence-corrected chi connectivity index (χ1v) is 8.11. The first-order valence-electron chi connectivity index (χ1n) is 8.11. The molecule has 0 aliphatic heterocycles. The number of allylic oxidation sites excluding steroid dienone is 10. The van der Waals surface area contributed by atoms with Gasteiger partial charge in [0.05, 0.1) is 0 Å². The average molecular weight is 312 g/mol. The fourth-order valence-electron chi connectivity index (χ4n) is 1.56. The van der Waals surface area contributed by atoms with Gasteiger partial charge in [0.1, 0.15) is 0 Å². The maximum atomic E-state index is 4.10. The molecule has 0 heterocycles. The van der Waals surface area contributed by atoms with Crippen molar-refractivity contribution in [2.75, 3.05) is 6.54 Å². The van der Waals surface area contributed by atoms with E-state index in [-0.39, 0.29) is 5.41 Å². The lowest BCUT2D eigenvalue weighted by molar-refractivity contribution is 0.544. The zero-order valence-electron chi connectivity index (χ0n) is 15.7. The third kappa shape index (κ3) is 11.2. The summed E-state index contributed by atoms with van der Waals surface area (Å²) in [6.45, 7) is 21.5. The van der Waals surface area contributed by atoms with E-state index in [1.54, 1.807) is 0 Å². The molecule has 0 aliphatic rings. The highest BCUT2D eigenvalue weighted by atomic mass is 14.9. The molecule has 0 atom stereocenters. The minimum atomic E-state index is 0.169. The fourth-order valence-corrected chi connectivity index (χ4v) is 1.56. The van der Waals surface area contributed by atoms with Crippen LogP contribution in [0.15, 0.2) is 84.2 Å². The van der Waals surface area contributed by atoms with Crippen LogP contribution in [0.5, 0.6) is 0 Å². The molecule has 0 spiro atoms. The summed E-state index contributed by atoms with van der Waals surface area (Å²) in [6, 6.07) is 0. The maximum absolute atomic E-state index is 4.10. The lowest BCUT2D eigenvalue weighted by atomic mass is 9.95. The van der Waals surface area contributed by atoms with Crippen LogP contribution in [0.4, 0.5) is 0 Å². The highest BCUT2D eigenvalue weighted by Gasteiger charge is 2.03. The Morgan fingerprint density at radius 2 is 1.74 bits per heavy atom. The highest BCUT2D eigenvalue weighted by Crippen LogP contribution is 2.16. The smallest absolute Gasteiger partial charge is 0.0360 e. The Morgan fingerprint density at radius 3 is 2.26 bits per heavy atom. The van der Waals surface area contributed by atoms with Crippen molar-refractivity contribution in [3.63, 3.8) is 0 Å². The highest BCUT2D eigenvalue weighted by molar-refractivity contribution is 5.37. The van der Waals surface area contributed by atoms with Gasteiger partial charge in [0.15, 0.2) is 0 Å². The van der Waals surface area contributed by atoms with Gasteiger partial charge < -0.3 is 5.32 Å². The second kappa shape index (κ2) is 10.7. The van der Waals surface area contributed by atoms with Gasteiger partial charge in [-0.15, -0.1) is 0 Å². The second-order valence-electron chi connectivity index (χ2n) is 6.79. The molecule has 0 aromatic rings. The van der Waals surface area contributed by atoms with Crippen molar-refractivity contribution in [2.24, 2.45) is 5.41 Å². The fraction of sp³-hybridized carbons (Fsp3) is 0.364. The molecule has 23 heavy (non-hydrogen) atoms. The maximum Gasteiger partial charge on any atom is 0.0360 e. The second-order valence-corrected chi connectivity index (χ2v) is 6.79. The molecule has 0 rings (SSSR count). The van der Waals surface area contributed by atoms with E-state index in [0.717, 1.165) is 23.4 Å². The number of rotatable bonds is 8. The van der Waals surface area contributed by atoms with Gasteiger partial charge in [-0.05, 0) is 37.3 Å². The van der Waals surface area contributed by atoms with E-state index < -0.39 is 0 Å². The van der Waals surface area contributed by atoms with Crippen LogP contribution in [0, 0.1) is 5.41 Å². The summed E-state index contributed by atoms with van der Waals surface area (Å²) in [5.41, 5.74) is 4.59. The van der Waals surface area contributed by atoms with Crippen LogP contribution >= 0.6 is 0 Å². The predicted molar refractivity (Wildman–Crippen MR) is 106 cm³/mol. The molecular weight excluding hydrogens is 278 g/mol. The van der Waals surface area contributed by atoms with E-state index in [9.17, 15) is 0 Å². The predicted octanol–water partition coefficient (Wildman–Crippen LogP) is 6.27. The van der Waals surface area contributed by atoms with Gasteiger partial charge in [-0.3, -0.25) is 0 Å². The third-order valence-electron chi connectivity index (χ3n) is 3.17.